The molecule has 0 atom stereocenters. The van der Waals surface area contributed by atoms with Crippen LogP contribution in [0.5, 0.6) is 23.0 Å². The number of nitrogens with zero attached hydrogens (tertiary/aromatic N) is 3. The molecule has 0 amide bonds. The first-order valence-electron chi connectivity index (χ1n) is 10.1. The number of thiazole rings is 1. The van der Waals surface area contributed by atoms with Gasteiger partial charge in [0.1, 0.15) is 5.75 Å². The molecule has 1 heterocycles. The Kier molecular flexibility index (Phi) is 9.00. The smallest absolute Gasteiger partial charge is 0.387 e. The van der Waals surface area contributed by atoms with Gasteiger partial charge in [0.25, 0.3) is 0 Å². The van der Waals surface area contributed by atoms with Crippen LogP contribution >= 0.6 is 11.3 Å². The zero-order chi connectivity index (χ0) is 24.5. The van der Waals surface area contributed by atoms with Gasteiger partial charge < -0.3 is 23.7 Å². The van der Waals surface area contributed by atoms with Gasteiger partial charge in [0, 0.05) is 23.6 Å². The molecule has 0 radical (unpaired) electrons. The van der Waals surface area contributed by atoms with E-state index in [1.165, 1.54) is 37.7 Å². The van der Waals surface area contributed by atoms with Crippen molar-refractivity contribution >= 4 is 17.6 Å². The zero-order valence-electron chi connectivity index (χ0n) is 19.2. The van der Waals surface area contributed by atoms with Crippen LogP contribution in [0.4, 0.5) is 8.78 Å². The minimum atomic E-state index is -2.89. The number of alkyl halides is 2. The Morgan fingerprint density at radius 3 is 2.32 bits per heavy atom. The van der Waals surface area contributed by atoms with E-state index >= 15 is 0 Å². The highest BCUT2D eigenvalue weighted by molar-refractivity contribution is 7.07. The van der Waals surface area contributed by atoms with Crippen molar-refractivity contribution < 1.29 is 32.5 Å². The van der Waals surface area contributed by atoms with Crippen LogP contribution in [0.25, 0.3) is 11.3 Å². The summed E-state index contributed by atoms with van der Waals surface area (Å²) >= 11 is 1.39. The number of benzene rings is 2. The summed E-state index contributed by atoms with van der Waals surface area (Å²) in [5, 5.41) is 6.53. The van der Waals surface area contributed by atoms with E-state index in [0.717, 1.165) is 11.3 Å². The molecule has 0 bridgehead atoms. The van der Waals surface area contributed by atoms with Gasteiger partial charge in [0.2, 0.25) is 10.6 Å². The summed E-state index contributed by atoms with van der Waals surface area (Å²) in [5.74, 6) is 1.52. The molecule has 0 saturated carbocycles. The van der Waals surface area contributed by atoms with Crippen molar-refractivity contribution in [2.24, 2.45) is 10.1 Å². The van der Waals surface area contributed by atoms with Crippen molar-refractivity contribution in [1.82, 2.24) is 4.68 Å². The lowest BCUT2D eigenvalue weighted by Gasteiger charge is -2.13. The van der Waals surface area contributed by atoms with Crippen LogP contribution in [0.3, 0.4) is 0 Å². The maximum Gasteiger partial charge on any atom is 0.387 e. The maximum atomic E-state index is 12.5. The quantitative estimate of drug-likeness (QED) is 0.295. The molecule has 182 valence electrons. The minimum Gasteiger partial charge on any atom is -0.493 e. The third kappa shape index (κ3) is 5.91. The average molecular weight is 494 g/mol. The van der Waals surface area contributed by atoms with E-state index in [9.17, 15) is 8.78 Å². The summed E-state index contributed by atoms with van der Waals surface area (Å²) < 4.78 is 52.5. The number of halogens is 2. The van der Waals surface area contributed by atoms with E-state index in [0.29, 0.717) is 40.8 Å². The van der Waals surface area contributed by atoms with Gasteiger partial charge >= 0.3 is 6.61 Å². The second kappa shape index (κ2) is 12.1. The number of hydrogen-bond donors (Lipinski definition) is 0. The summed E-state index contributed by atoms with van der Waals surface area (Å²) in [5.41, 5.74) is 2.14. The van der Waals surface area contributed by atoms with E-state index in [4.69, 9.17) is 18.9 Å². The predicted octanol–water partition coefficient (Wildman–Crippen LogP) is 4.27. The standard InChI is InChI=1S/C23H25F2N3O5S/c1-29-12-11-26-23-28(18(14-34-23)15-5-8-17(9-6-15)33-22(24)25)27-13-16-7-10-19(30-2)21(32-4)20(16)31-3/h5-10,13-14,22H,11-12H2,1-4H3/b26-23?,27-13+. The van der Waals surface area contributed by atoms with Gasteiger partial charge in [-0.25, -0.2) is 4.68 Å². The molecule has 2 aromatic carbocycles. The summed E-state index contributed by atoms with van der Waals surface area (Å²) in [6.45, 7) is -1.98. The molecule has 0 aliphatic heterocycles. The number of methoxy groups -OCH3 is 4. The van der Waals surface area contributed by atoms with Crippen LogP contribution in [-0.4, -0.2) is 59.1 Å². The monoisotopic (exact) mass is 493 g/mol. The fourth-order valence-corrected chi connectivity index (χ4v) is 3.97. The Hall–Kier alpha value is -3.44. The van der Waals surface area contributed by atoms with Crippen molar-refractivity contribution in [2.45, 2.75) is 6.61 Å². The second-order valence-electron chi connectivity index (χ2n) is 6.66. The summed E-state index contributed by atoms with van der Waals surface area (Å²) in [4.78, 5) is 5.19. The van der Waals surface area contributed by atoms with Crippen LogP contribution in [0.1, 0.15) is 5.56 Å². The third-order valence-electron chi connectivity index (χ3n) is 4.65. The molecule has 34 heavy (non-hydrogen) atoms. The molecule has 3 rings (SSSR count). The van der Waals surface area contributed by atoms with Crippen LogP contribution in [0, 0.1) is 0 Å². The fraction of sp³-hybridized carbons (Fsp3) is 0.304. The maximum absolute atomic E-state index is 12.5. The number of rotatable bonds is 11. The zero-order valence-corrected chi connectivity index (χ0v) is 20.0. The molecule has 8 nitrogen and oxygen atoms in total. The van der Waals surface area contributed by atoms with Gasteiger partial charge in [-0.3, -0.25) is 4.99 Å². The first kappa shape index (κ1) is 25.2. The fourth-order valence-electron chi connectivity index (χ4n) is 3.10. The number of hydrogen-bond acceptors (Lipinski definition) is 8. The van der Waals surface area contributed by atoms with Crippen molar-refractivity contribution in [3.8, 4) is 34.3 Å². The second-order valence-corrected chi connectivity index (χ2v) is 7.50. The third-order valence-corrected chi connectivity index (χ3v) is 5.50. The molecule has 0 aliphatic carbocycles. The van der Waals surface area contributed by atoms with Crippen molar-refractivity contribution in [1.29, 1.82) is 0 Å². The molecular formula is C23H25F2N3O5S. The normalized spacial score (nSPS) is 11.9. The van der Waals surface area contributed by atoms with E-state index < -0.39 is 6.61 Å². The van der Waals surface area contributed by atoms with E-state index in [-0.39, 0.29) is 5.75 Å². The minimum absolute atomic E-state index is 0.0732. The molecule has 1 aromatic heterocycles. The highest BCUT2D eigenvalue weighted by Crippen LogP contribution is 2.39. The Morgan fingerprint density at radius 1 is 0.971 bits per heavy atom. The van der Waals surface area contributed by atoms with Crippen molar-refractivity contribution in [2.75, 3.05) is 41.6 Å². The van der Waals surface area contributed by atoms with Crippen LogP contribution < -0.4 is 23.7 Å². The number of aromatic nitrogens is 1. The average Bonchev–Trinajstić information content (AvgIpc) is 3.24. The lowest BCUT2D eigenvalue weighted by atomic mass is 10.1. The molecule has 3 aromatic rings. The SMILES string of the molecule is COCCN=c1scc(-c2ccc(OC(F)F)cc2)n1/N=C/c1ccc(OC)c(OC)c1OC. The molecule has 0 aliphatic rings. The van der Waals surface area contributed by atoms with Crippen LogP contribution in [0.2, 0.25) is 0 Å². The highest BCUT2D eigenvalue weighted by Gasteiger charge is 2.15. The Balaban J connectivity index is 2.05. The lowest BCUT2D eigenvalue weighted by molar-refractivity contribution is -0.0498. The lowest BCUT2D eigenvalue weighted by Crippen LogP contribution is -2.14. The molecular weight excluding hydrogens is 468 g/mol. The van der Waals surface area contributed by atoms with E-state index in [1.807, 2.05) is 5.38 Å². The van der Waals surface area contributed by atoms with Gasteiger partial charge in [0.05, 0.1) is 46.4 Å². The van der Waals surface area contributed by atoms with Gasteiger partial charge in [-0.2, -0.15) is 13.9 Å². The summed E-state index contributed by atoms with van der Waals surface area (Å²) in [6.07, 6.45) is 1.63. The van der Waals surface area contributed by atoms with Crippen LogP contribution in [-0.2, 0) is 4.74 Å². The van der Waals surface area contributed by atoms with Gasteiger partial charge in [-0.1, -0.05) is 0 Å². The molecule has 0 saturated heterocycles. The number of ether oxygens (including phenoxy) is 5. The molecule has 0 N–H and O–H groups in total. The first-order chi connectivity index (χ1) is 16.5. The van der Waals surface area contributed by atoms with E-state index in [2.05, 4.69) is 14.8 Å². The Morgan fingerprint density at radius 2 is 1.71 bits per heavy atom. The van der Waals surface area contributed by atoms with Crippen LogP contribution in [0.15, 0.2) is 51.9 Å². The molecule has 0 spiro atoms. The molecule has 0 unspecified atom stereocenters. The van der Waals surface area contributed by atoms with E-state index in [1.54, 1.807) is 49.4 Å². The predicted molar refractivity (Wildman–Crippen MR) is 126 cm³/mol. The highest BCUT2D eigenvalue weighted by atomic mass is 32.1. The summed E-state index contributed by atoms with van der Waals surface area (Å²) in [7, 11) is 6.21. The molecule has 0 fully saturated rings. The van der Waals surface area contributed by atoms with Crippen molar-refractivity contribution in [3.05, 3.63) is 52.1 Å². The molecule has 11 heteroatoms. The van der Waals surface area contributed by atoms with Gasteiger partial charge in [-0.05, 0) is 36.4 Å². The van der Waals surface area contributed by atoms with Gasteiger partial charge in [0.15, 0.2) is 11.5 Å². The Bertz CT molecular complexity index is 1180. The Labute approximate surface area is 199 Å². The largest absolute Gasteiger partial charge is 0.493 e. The topological polar surface area (TPSA) is 75.8 Å². The first-order valence-corrected chi connectivity index (χ1v) is 11.0. The van der Waals surface area contributed by atoms with Gasteiger partial charge in [-0.15, -0.1) is 11.3 Å². The summed E-state index contributed by atoms with van der Waals surface area (Å²) in [6, 6.07) is 9.88. The van der Waals surface area contributed by atoms with Crippen molar-refractivity contribution in [3.63, 3.8) is 0 Å².